The van der Waals surface area contributed by atoms with Crippen LogP contribution in [0.5, 0.6) is 0 Å². The summed E-state index contributed by atoms with van der Waals surface area (Å²) in [6, 6.07) is 16.2. The van der Waals surface area contributed by atoms with Gasteiger partial charge in [-0.3, -0.25) is 9.80 Å². The molecule has 0 bridgehead atoms. The monoisotopic (exact) mass is 338 g/mol. The van der Waals surface area contributed by atoms with E-state index in [4.69, 9.17) is 11.6 Å². The van der Waals surface area contributed by atoms with Gasteiger partial charge in [-0.15, -0.1) is 0 Å². The first-order valence-corrected chi connectivity index (χ1v) is 8.54. The van der Waals surface area contributed by atoms with Crippen molar-refractivity contribution in [3.63, 3.8) is 0 Å². The van der Waals surface area contributed by atoms with Crippen LogP contribution in [0.2, 0.25) is 5.02 Å². The van der Waals surface area contributed by atoms with Crippen LogP contribution in [-0.2, 0) is 4.79 Å². The molecule has 0 spiro atoms. The molecule has 2 aliphatic rings. The van der Waals surface area contributed by atoms with E-state index in [9.17, 15) is 4.79 Å². The van der Waals surface area contributed by atoms with E-state index in [0.717, 1.165) is 34.0 Å². The summed E-state index contributed by atoms with van der Waals surface area (Å²) in [5, 5.41) is 4.74. The number of para-hydroxylation sites is 1. The van der Waals surface area contributed by atoms with Crippen LogP contribution in [0.1, 0.15) is 31.4 Å². The second kappa shape index (κ2) is 5.38. The first-order chi connectivity index (χ1) is 11.5. The van der Waals surface area contributed by atoms with Gasteiger partial charge in [0.15, 0.2) is 0 Å². The first kappa shape index (κ1) is 15.3. The number of hydrogen-bond acceptors (Lipinski definition) is 2. The third kappa shape index (κ3) is 2.31. The summed E-state index contributed by atoms with van der Waals surface area (Å²) in [6.45, 7) is 4.90. The lowest BCUT2D eigenvalue weighted by Gasteiger charge is -2.39. The Morgan fingerprint density at radius 1 is 1.04 bits per heavy atom. The highest BCUT2D eigenvalue weighted by atomic mass is 35.5. The maximum Gasteiger partial charge on any atom is 0.243 e. The van der Waals surface area contributed by atoms with Gasteiger partial charge in [0.1, 0.15) is 0 Å². The van der Waals surface area contributed by atoms with Crippen LogP contribution in [0.4, 0.5) is 5.69 Å². The van der Waals surface area contributed by atoms with Gasteiger partial charge in [-0.2, -0.15) is 0 Å². The smallest absolute Gasteiger partial charge is 0.243 e. The summed E-state index contributed by atoms with van der Waals surface area (Å²) in [7, 11) is 0. The summed E-state index contributed by atoms with van der Waals surface area (Å²) >= 11 is 6.06. The van der Waals surface area contributed by atoms with Crippen LogP contribution >= 0.6 is 11.6 Å². The largest absolute Gasteiger partial charge is 0.281 e. The van der Waals surface area contributed by atoms with Crippen molar-refractivity contribution >= 4 is 28.8 Å². The Morgan fingerprint density at radius 3 is 2.50 bits per heavy atom. The highest BCUT2D eigenvalue weighted by molar-refractivity contribution is 6.30. The minimum atomic E-state index is -0.401. The minimum Gasteiger partial charge on any atom is -0.281 e. The molecule has 0 unspecified atom stereocenters. The number of halogens is 1. The molecule has 2 aliphatic heterocycles. The molecule has 4 rings (SSSR count). The average molecular weight is 339 g/mol. The number of carbonyl (C=O) groups excluding carboxylic acids is 1. The van der Waals surface area contributed by atoms with Crippen molar-refractivity contribution in [1.82, 2.24) is 5.01 Å². The Morgan fingerprint density at radius 2 is 1.75 bits per heavy atom. The standard InChI is InChI=1S/C20H19ClN2O/c1-20(2)13-17(14-7-9-15(21)10-8-14)16-5-3-4-6-18(16)22-12-11-19(24)23(20)22/h3-10,13H,11-12H2,1-2H3. The van der Waals surface area contributed by atoms with Gasteiger partial charge < -0.3 is 0 Å². The quantitative estimate of drug-likeness (QED) is 0.763. The van der Waals surface area contributed by atoms with Gasteiger partial charge in [-0.1, -0.05) is 41.9 Å². The highest BCUT2D eigenvalue weighted by Gasteiger charge is 2.42. The van der Waals surface area contributed by atoms with E-state index in [1.807, 2.05) is 41.4 Å². The van der Waals surface area contributed by atoms with Crippen molar-refractivity contribution in [3.8, 4) is 0 Å². The van der Waals surface area contributed by atoms with Crippen molar-refractivity contribution in [3.05, 3.63) is 70.8 Å². The third-order valence-corrected chi connectivity index (χ3v) is 4.94. The molecule has 1 saturated heterocycles. The highest BCUT2D eigenvalue weighted by Crippen LogP contribution is 2.42. The number of benzene rings is 2. The summed E-state index contributed by atoms with van der Waals surface area (Å²) in [6.07, 6.45) is 2.75. The molecule has 0 atom stereocenters. The third-order valence-electron chi connectivity index (χ3n) is 4.69. The van der Waals surface area contributed by atoms with Crippen LogP contribution in [0.3, 0.4) is 0 Å². The van der Waals surface area contributed by atoms with Crippen LogP contribution in [0.15, 0.2) is 54.6 Å². The SMILES string of the molecule is CC1(C)C=C(c2ccc(Cl)cc2)c2ccccc2N2CCC(=O)N21. The molecule has 2 aromatic carbocycles. The van der Waals surface area contributed by atoms with Gasteiger partial charge in [-0.05, 0) is 49.3 Å². The number of hydrogen-bond donors (Lipinski definition) is 0. The minimum absolute atomic E-state index is 0.170. The molecular formula is C20H19ClN2O. The van der Waals surface area contributed by atoms with Crippen molar-refractivity contribution in [2.24, 2.45) is 0 Å². The van der Waals surface area contributed by atoms with Gasteiger partial charge in [0.05, 0.1) is 11.2 Å². The maximum atomic E-state index is 12.5. The topological polar surface area (TPSA) is 23.6 Å². The van der Waals surface area contributed by atoms with E-state index in [2.05, 4.69) is 37.1 Å². The Labute approximate surface area is 147 Å². The molecule has 4 heteroatoms. The van der Waals surface area contributed by atoms with E-state index < -0.39 is 5.54 Å². The number of anilines is 1. The number of carbonyl (C=O) groups is 1. The number of fused-ring (bicyclic) bond motifs is 3. The van der Waals surface area contributed by atoms with Gasteiger partial charge in [0.2, 0.25) is 5.91 Å². The molecule has 2 heterocycles. The molecule has 1 fully saturated rings. The van der Waals surface area contributed by atoms with E-state index >= 15 is 0 Å². The van der Waals surface area contributed by atoms with Crippen LogP contribution < -0.4 is 5.01 Å². The molecular weight excluding hydrogens is 320 g/mol. The summed E-state index contributed by atoms with van der Waals surface area (Å²) in [4.78, 5) is 12.5. The molecule has 24 heavy (non-hydrogen) atoms. The number of rotatable bonds is 1. The molecule has 0 aliphatic carbocycles. The summed E-state index contributed by atoms with van der Waals surface area (Å²) in [5.74, 6) is 0.170. The van der Waals surface area contributed by atoms with Crippen molar-refractivity contribution < 1.29 is 4.79 Å². The normalized spacial score (nSPS) is 18.8. The van der Waals surface area contributed by atoms with Crippen molar-refractivity contribution in [2.45, 2.75) is 25.8 Å². The zero-order valence-electron chi connectivity index (χ0n) is 13.8. The summed E-state index contributed by atoms with van der Waals surface area (Å²) < 4.78 is 0. The van der Waals surface area contributed by atoms with Crippen LogP contribution in [0, 0.1) is 0 Å². The second-order valence-electron chi connectivity index (χ2n) is 6.81. The van der Waals surface area contributed by atoms with Crippen molar-refractivity contribution in [2.75, 3.05) is 11.6 Å². The zero-order valence-corrected chi connectivity index (χ0v) is 14.5. The number of hydrazine groups is 1. The first-order valence-electron chi connectivity index (χ1n) is 8.16. The summed E-state index contributed by atoms with van der Waals surface area (Å²) in [5.41, 5.74) is 4.06. The fraction of sp³-hybridized carbons (Fsp3) is 0.250. The Bertz CT molecular complexity index is 839. The predicted molar refractivity (Wildman–Crippen MR) is 97.9 cm³/mol. The number of amides is 1. The Balaban J connectivity index is 1.97. The Kier molecular flexibility index (Phi) is 3.43. The van der Waals surface area contributed by atoms with Gasteiger partial charge in [0, 0.05) is 23.6 Å². The van der Waals surface area contributed by atoms with Gasteiger partial charge >= 0.3 is 0 Å². The molecule has 1 amide bonds. The zero-order chi connectivity index (χ0) is 16.9. The van der Waals surface area contributed by atoms with Gasteiger partial charge in [-0.25, -0.2) is 5.01 Å². The fourth-order valence-corrected chi connectivity index (χ4v) is 3.82. The lowest BCUT2D eigenvalue weighted by Crippen LogP contribution is -2.51. The molecule has 0 N–H and O–H groups in total. The van der Waals surface area contributed by atoms with Crippen LogP contribution in [0.25, 0.3) is 5.57 Å². The van der Waals surface area contributed by atoms with Crippen LogP contribution in [-0.4, -0.2) is 23.0 Å². The lowest BCUT2D eigenvalue weighted by molar-refractivity contribution is -0.131. The molecule has 2 aromatic rings. The van der Waals surface area contributed by atoms with Gasteiger partial charge in [0.25, 0.3) is 0 Å². The van der Waals surface area contributed by atoms with E-state index in [0.29, 0.717) is 6.42 Å². The number of nitrogens with zero attached hydrogens (tertiary/aromatic N) is 2. The fourth-order valence-electron chi connectivity index (χ4n) is 3.69. The molecule has 0 radical (unpaired) electrons. The average Bonchev–Trinajstić information content (AvgIpc) is 2.92. The van der Waals surface area contributed by atoms with E-state index in [1.165, 1.54) is 0 Å². The molecule has 122 valence electrons. The predicted octanol–water partition coefficient (Wildman–Crippen LogP) is 4.52. The molecule has 0 saturated carbocycles. The van der Waals surface area contributed by atoms with E-state index in [1.54, 1.807) is 0 Å². The second-order valence-corrected chi connectivity index (χ2v) is 7.25. The van der Waals surface area contributed by atoms with Crippen molar-refractivity contribution in [1.29, 1.82) is 0 Å². The Hall–Kier alpha value is -2.26. The molecule has 3 nitrogen and oxygen atoms in total. The van der Waals surface area contributed by atoms with E-state index in [-0.39, 0.29) is 5.91 Å². The maximum absolute atomic E-state index is 12.5. The lowest BCUT2D eigenvalue weighted by atomic mass is 9.91. The molecule has 0 aromatic heterocycles.